The van der Waals surface area contributed by atoms with Crippen molar-refractivity contribution < 1.29 is 14.1 Å². The van der Waals surface area contributed by atoms with Crippen LogP contribution in [-0.4, -0.2) is 22.8 Å². The van der Waals surface area contributed by atoms with E-state index in [0.29, 0.717) is 18.3 Å². The fourth-order valence-electron chi connectivity index (χ4n) is 4.42. The van der Waals surface area contributed by atoms with Crippen LogP contribution in [0.2, 0.25) is 0 Å². The number of allylic oxidation sites excluding steroid dienone is 1. The number of anilines is 1. The van der Waals surface area contributed by atoms with Crippen LogP contribution in [0.25, 0.3) is 17.0 Å². The summed E-state index contributed by atoms with van der Waals surface area (Å²) >= 11 is 0. The Hall–Kier alpha value is -4.39. The Bertz CT molecular complexity index is 1420. The first-order valence-corrected chi connectivity index (χ1v) is 12.0. The highest BCUT2D eigenvalue weighted by molar-refractivity contribution is 6.01. The van der Waals surface area contributed by atoms with Gasteiger partial charge in [-0.25, -0.2) is 4.79 Å². The van der Waals surface area contributed by atoms with E-state index in [1.807, 2.05) is 100 Å². The summed E-state index contributed by atoms with van der Waals surface area (Å²) in [5.74, 6) is 1.63. The average Bonchev–Trinajstić information content (AvgIpc) is 3.34. The molecule has 36 heavy (non-hydrogen) atoms. The molecule has 1 atom stereocenters. The molecule has 0 saturated heterocycles. The van der Waals surface area contributed by atoms with Crippen molar-refractivity contribution in [1.82, 2.24) is 15.5 Å². The van der Waals surface area contributed by atoms with Crippen LogP contribution in [0.15, 0.2) is 83.0 Å². The van der Waals surface area contributed by atoms with E-state index in [-0.39, 0.29) is 6.03 Å². The number of rotatable bonds is 6. The normalized spacial score (nSPS) is 15.7. The molecular weight excluding hydrogens is 452 g/mol. The lowest BCUT2D eigenvalue weighted by atomic mass is 9.94. The minimum absolute atomic E-state index is 0.223. The number of hydrogen-bond acceptors (Lipinski definition) is 5. The first-order valence-electron chi connectivity index (χ1n) is 12.0. The number of hydrogen-bond donors (Lipinski definition) is 1. The van der Waals surface area contributed by atoms with Gasteiger partial charge in [0.2, 0.25) is 5.82 Å². The third-order valence-electron chi connectivity index (χ3n) is 6.24. The van der Waals surface area contributed by atoms with Crippen LogP contribution in [0, 0.1) is 13.8 Å². The van der Waals surface area contributed by atoms with Crippen LogP contribution >= 0.6 is 0 Å². The summed E-state index contributed by atoms with van der Waals surface area (Å²) in [5.41, 5.74) is 6.20. The molecule has 1 aliphatic rings. The molecule has 2 amide bonds. The molecule has 7 nitrogen and oxygen atoms in total. The van der Waals surface area contributed by atoms with Gasteiger partial charge in [-0.2, -0.15) is 4.98 Å². The molecule has 182 valence electrons. The van der Waals surface area contributed by atoms with Gasteiger partial charge in [0.1, 0.15) is 5.75 Å². The van der Waals surface area contributed by atoms with Gasteiger partial charge in [0.15, 0.2) is 0 Å². The molecule has 0 aliphatic carbocycles. The number of ether oxygens (including phenoxy) is 1. The number of carbonyl (C=O) groups excluding carboxylic acids is 1. The van der Waals surface area contributed by atoms with Gasteiger partial charge in [-0.1, -0.05) is 59.3 Å². The van der Waals surface area contributed by atoms with Crippen LogP contribution in [-0.2, 0) is 0 Å². The Labute approximate surface area is 210 Å². The predicted molar refractivity (Wildman–Crippen MR) is 140 cm³/mol. The number of aromatic nitrogens is 2. The Morgan fingerprint density at radius 1 is 0.972 bits per heavy atom. The van der Waals surface area contributed by atoms with E-state index in [9.17, 15) is 4.79 Å². The number of nitrogens with zero attached hydrogens (tertiary/aromatic N) is 3. The van der Waals surface area contributed by atoms with Gasteiger partial charge in [-0.3, -0.25) is 4.90 Å². The summed E-state index contributed by atoms with van der Waals surface area (Å²) in [4.78, 5) is 19.8. The number of carbonyl (C=O) groups is 1. The number of amides is 2. The van der Waals surface area contributed by atoms with Crippen LogP contribution in [0.5, 0.6) is 5.75 Å². The van der Waals surface area contributed by atoms with Gasteiger partial charge < -0.3 is 14.6 Å². The highest BCUT2D eigenvalue weighted by Crippen LogP contribution is 2.39. The van der Waals surface area contributed by atoms with Gasteiger partial charge in [0.05, 0.1) is 23.9 Å². The van der Waals surface area contributed by atoms with Gasteiger partial charge in [0, 0.05) is 11.3 Å². The molecule has 0 saturated carbocycles. The number of benzene rings is 3. The lowest BCUT2D eigenvalue weighted by Crippen LogP contribution is -2.46. The minimum atomic E-state index is -0.472. The Kier molecular flexibility index (Phi) is 6.29. The van der Waals surface area contributed by atoms with Gasteiger partial charge in [-0.05, 0) is 63.1 Å². The number of aryl methyl sites for hydroxylation is 2. The zero-order chi connectivity index (χ0) is 25.2. The molecule has 0 spiro atoms. The van der Waals surface area contributed by atoms with E-state index in [1.54, 1.807) is 4.90 Å². The molecule has 0 bridgehead atoms. The topological polar surface area (TPSA) is 80.5 Å². The molecule has 5 rings (SSSR count). The molecule has 7 heteroatoms. The number of urea groups is 1. The predicted octanol–water partition coefficient (Wildman–Crippen LogP) is 6.45. The summed E-state index contributed by atoms with van der Waals surface area (Å²) in [7, 11) is 0. The molecule has 4 aromatic rings. The maximum atomic E-state index is 13.4. The Morgan fingerprint density at radius 2 is 1.72 bits per heavy atom. The maximum absolute atomic E-state index is 13.4. The van der Waals surface area contributed by atoms with Crippen LogP contribution in [0.1, 0.15) is 42.5 Å². The van der Waals surface area contributed by atoms with Crippen molar-refractivity contribution in [2.75, 3.05) is 11.5 Å². The summed E-state index contributed by atoms with van der Waals surface area (Å²) in [6, 6.07) is 22.8. The SMILES string of the molecule is CCOc1ccc(C2NC(=O)N(c3cccc(C)c3)C(C)=C2c2nc(-c3ccc(C)cc3)no2)cc1. The lowest BCUT2D eigenvalue weighted by molar-refractivity contribution is 0.244. The van der Waals surface area contributed by atoms with E-state index >= 15 is 0 Å². The van der Waals surface area contributed by atoms with Crippen molar-refractivity contribution in [1.29, 1.82) is 0 Å². The second-order valence-corrected chi connectivity index (χ2v) is 8.85. The number of nitrogens with one attached hydrogen (secondary N) is 1. The zero-order valence-corrected chi connectivity index (χ0v) is 20.8. The molecule has 1 N–H and O–H groups in total. The maximum Gasteiger partial charge on any atom is 0.326 e. The van der Waals surface area contributed by atoms with Gasteiger partial charge >= 0.3 is 6.03 Å². The first-order chi connectivity index (χ1) is 17.4. The van der Waals surface area contributed by atoms with Crippen molar-refractivity contribution in [2.45, 2.75) is 33.7 Å². The van der Waals surface area contributed by atoms with E-state index in [0.717, 1.165) is 45.0 Å². The highest BCUT2D eigenvalue weighted by Gasteiger charge is 2.36. The second-order valence-electron chi connectivity index (χ2n) is 8.85. The van der Waals surface area contributed by atoms with E-state index in [1.165, 1.54) is 0 Å². The highest BCUT2D eigenvalue weighted by atomic mass is 16.5. The van der Waals surface area contributed by atoms with E-state index in [2.05, 4.69) is 10.5 Å². The molecular formula is C29H28N4O3. The van der Waals surface area contributed by atoms with Crippen molar-refractivity contribution in [2.24, 2.45) is 0 Å². The molecule has 3 aromatic carbocycles. The van der Waals surface area contributed by atoms with E-state index < -0.39 is 6.04 Å². The Balaban J connectivity index is 1.62. The average molecular weight is 481 g/mol. The summed E-state index contributed by atoms with van der Waals surface area (Å²) < 4.78 is 11.4. The van der Waals surface area contributed by atoms with E-state index in [4.69, 9.17) is 14.2 Å². The molecule has 2 heterocycles. The molecule has 1 unspecified atom stereocenters. The zero-order valence-electron chi connectivity index (χ0n) is 20.8. The van der Waals surface area contributed by atoms with Crippen LogP contribution in [0.4, 0.5) is 10.5 Å². The van der Waals surface area contributed by atoms with Crippen molar-refractivity contribution in [3.63, 3.8) is 0 Å². The quantitative estimate of drug-likeness (QED) is 0.343. The van der Waals surface area contributed by atoms with Crippen molar-refractivity contribution in [3.05, 3.63) is 101 Å². The molecule has 1 aliphatic heterocycles. The standard InChI is InChI=1S/C29H28N4O3/c1-5-35-24-15-13-21(14-16-24)26-25(28-31-27(32-36-28)22-11-9-18(2)10-12-22)20(4)33(29(34)30-26)23-8-6-7-19(3)17-23/h6-17,26H,5H2,1-4H3,(H,30,34). The van der Waals surface area contributed by atoms with Crippen molar-refractivity contribution in [3.8, 4) is 17.1 Å². The fraction of sp³-hybridized carbons (Fsp3) is 0.207. The van der Waals surface area contributed by atoms with Crippen LogP contribution < -0.4 is 15.0 Å². The fourth-order valence-corrected chi connectivity index (χ4v) is 4.42. The second kappa shape index (κ2) is 9.70. The largest absolute Gasteiger partial charge is 0.494 e. The molecule has 0 radical (unpaired) electrons. The van der Waals surface area contributed by atoms with Gasteiger partial charge in [0.25, 0.3) is 5.89 Å². The monoisotopic (exact) mass is 480 g/mol. The summed E-state index contributed by atoms with van der Waals surface area (Å²) in [6.45, 7) is 8.47. The first kappa shape index (κ1) is 23.4. The third-order valence-corrected chi connectivity index (χ3v) is 6.24. The smallest absolute Gasteiger partial charge is 0.326 e. The summed E-state index contributed by atoms with van der Waals surface area (Å²) in [5, 5.41) is 7.40. The van der Waals surface area contributed by atoms with Crippen LogP contribution in [0.3, 0.4) is 0 Å². The Morgan fingerprint density at radius 3 is 2.42 bits per heavy atom. The molecule has 1 aromatic heterocycles. The third kappa shape index (κ3) is 4.47. The molecule has 0 fully saturated rings. The van der Waals surface area contributed by atoms with Gasteiger partial charge in [-0.15, -0.1) is 0 Å². The van der Waals surface area contributed by atoms with Crippen molar-refractivity contribution >= 4 is 17.3 Å². The minimum Gasteiger partial charge on any atom is -0.494 e. The lowest BCUT2D eigenvalue weighted by Gasteiger charge is -2.35. The summed E-state index contributed by atoms with van der Waals surface area (Å²) in [6.07, 6.45) is 0.